The van der Waals surface area contributed by atoms with Crippen LogP contribution < -0.4 is 4.74 Å². The number of nitrogens with zero attached hydrogens (tertiary/aromatic N) is 2. The van der Waals surface area contributed by atoms with E-state index < -0.39 is 0 Å². The zero-order chi connectivity index (χ0) is 15.5. The molecule has 2 aromatic carbocycles. The molecule has 3 aromatic rings. The van der Waals surface area contributed by atoms with Gasteiger partial charge in [0.05, 0.1) is 17.8 Å². The maximum Gasteiger partial charge on any atom is 0.151 e. The van der Waals surface area contributed by atoms with Gasteiger partial charge in [0.2, 0.25) is 0 Å². The molecule has 4 nitrogen and oxygen atoms in total. The van der Waals surface area contributed by atoms with Crippen LogP contribution in [0.3, 0.4) is 0 Å². The molecule has 0 atom stereocenters. The second kappa shape index (κ2) is 6.02. The smallest absolute Gasteiger partial charge is 0.151 e. The number of ketones is 1. The number of ether oxygens (including phenoxy) is 1. The Balaban J connectivity index is 1.86. The lowest BCUT2D eigenvalue weighted by Crippen LogP contribution is -2.07. The number of fused-ring (bicyclic) bond motifs is 1. The minimum absolute atomic E-state index is 0.0833. The van der Waals surface area contributed by atoms with E-state index in [1.54, 1.807) is 11.6 Å². The van der Waals surface area contributed by atoms with Crippen molar-refractivity contribution in [2.24, 2.45) is 0 Å². The Morgan fingerprint density at radius 1 is 1.18 bits per heavy atom. The van der Waals surface area contributed by atoms with E-state index in [-0.39, 0.29) is 12.3 Å². The van der Waals surface area contributed by atoms with Gasteiger partial charge in [0.15, 0.2) is 5.78 Å². The van der Waals surface area contributed by atoms with E-state index in [0.29, 0.717) is 6.61 Å². The quantitative estimate of drug-likeness (QED) is 0.723. The second-order valence-electron chi connectivity index (χ2n) is 5.40. The summed E-state index contributed by atoms with van der Waals surface area (Å²) < 4.78 is 7.58. The van der Waals surface area contributed by atoms with Gasteiger partial charge in [-0.1, -0.05) is 30.3 Å². The highest BCUT2D eigenvalue weighted by Crippen LogP contribution is 2.24. The maximum atomic E-state index is 11.4. The van der Waals surface area contributed by atoms with Crippen molar-refractivity contribution < 1.29 is 9.53 Å². The van der Waals surface area contributed by atoms with Crippen molar-refractivity contribution in [2.45, 2.75) is 27.0 Å². The fourth-order valence-electron chi connectivity index (χ4n) is 2.48. The third-order valence-corrected chi connectivity index (χ3v) is 3.53. The zero-order valence-corrected chi connectivity index (χ0v) is 12.7. The SMILES string of the molecule is CC(=O)Cn1nc(C)c2ccc(OCc3ccccc3)cc21. The fraction of sp³-hybridized carbons (Fsp3) is 0.222. The maximum absolute atomic E-state index is 11.4. The Morgan fingerprint density at radius 3 is 2.68 bits per heavy atom. The van der Waals surface area contributed by atoms with Crippen LogP contribution in [0.25, 0.3) is 10.9 Å². The summed E-state index contributed by atoms with van der Waals surface area (Å²) in [5.41, 5.74) is 2.97. The van der Waals surface area contributed by atoms with Crippen LogP contribution in [0.1, 0.15) is 18.2 Å². The molecule has 0 saturated carbocycles. The van der Waals surface area contributed by atoms with Gasteiger partial charge in [-0.15, -0.1) is 0 Å². The standard InChI is InChI=1S/C18H18N2O2/c1-13(21)11-20-18-10-16(8-9-17(18)14(2)19-20)22-12-15-6-4-3-5-7-15/h3-10H,11-12H2,1-2H3. The molecule has 0 aliphatic heterocycles. The van der Waals surface area contributed by atoms with E-state index >= 15 is 0 Å². The van der Waals surface area contributed by atoms with Crippen LogP contribution in [-0.4, -0.2) is 15.6 Å². The number of Topliss-reactive ketones (excluding diaryl/α,β-unsaturated/α-hetero) is 1. The van der Waals surface area contributed by atoms with E-state index in [0.717, 1.165) is 27.9 Å². The first kappa shape index (κ1) is 14.3. The average molecular weight is 294 g/mol. The summed E-state index contributed by atoms with van der Waals surface area (Å²) in [5, 5.41) is 5.48. The Labute approximate surface area is 129 Å². The van der Waals surface area contributed by atoms with Crippen molar-refractivity contribution >= 4 is 16.7 Å². The summed E-state index contributed by atoms with van der Waals surface area (Å²) in [5.74, 6) is 0.862. The molecule has 1 aromatic heterocycles. The summed E-state index contributed by atoms with van der Waals surface area (Å²) >= 11 is 0. The van der Waals surface area contributed by atoms with Gasteiger partial charge in [-0.3, -0.25) is 9.48 Å². The second-order valence-corrected chi connectivity index (χ2v) is 5.40. The van der Waals surface area contributed by atoms with Gasteiger partial charge in [-0.05, 0) is 31.5 Å². The van der Waals surface area contributed by atoms with E-state index in [1.165, 1.54) is 0 Å². The number of carbonyl (C=O) groups is 1. The fourth-order valence-corrected chi connectivity index (χ4v) is 2.48. The third kappa shape index (κ3) is 3.01. The summed E-state index contributed by atoms with van der Waals surface area (Å²) in [6, 6.07) is 15.9. The molecule has 0 amide bonds. The Kier molecular flexibility index (Phi) is 3.92. The molecule has 0 aliphatic carbocycles. The first-order chi connectivity index (χ1) is 10.6. The Hall–Kier alpha value is -2.62. The lowest BCUT2D eigenvalue weighted by atomic mass is 10.2. The number of rotatable bonds is 5. The topological polar surface area (TPSA) is 44.1 Å². The minimum Gasteiger partial charge on any atom is -0.489 e. The van der Waals surface area contributed by atoms with Crippen LogP contribution >= 0.6 is 0 Å². The molecule has 3 rings (SSSR count). The monoisotopic (exact) mass is 294 g/mol. The van der Waals surface area contributed by atoms with Crippen LogP contribution in [0.15, 0.2) is 48.5 Å². The van der Waals surface area contributed by atoms with Crippen molar-refractivity contribution in [3.63, 3.8) is 0 Å². The molecule has 0 bridgehead atoms. The van der Waals surface area contributed by atoms with Crippen molar-refractivity contribution in [1.29, 1.82) is 0 Å². The lowest BCUT2D eigenvalue weighted by Gasteiger charge is -2.07. The first-order valence-corrected chi connectivity index (χ1v) is 7.27. The van der Waals surface area contributed by atoms with E-state index in [2.05, 4.69) is 5.10 Å². The van der Waals surface area contributed by atoms with Crippen LogP contribution in [0.5, 0.6) is 5.75 Å². The molecule has 0 saturated heterocycles. The number of benzene rings is 2. The van der Waals surface area contributed by atoms with Gasteiger partial charge in [0.1, 0.15) is 12.4 Å². The molecule has 0 N–H and O–H groups in total. The first-order valence-electron chi connectivity index (χ1n) is 7.27. The Morgan fingerprint density at radius 2 is 1.95 bits per heavy atom. The largest absolute Gasteiger partial charge is 0.489 e. The summed E-state index contributed by atoms with van der Waals surface area (Å²) in [6.07, 6.45) is 0. The predicted octanol–water partition coefficient (Wildman–Crippen LogP) is 3.51. The average Bonchev–Trinajstić information content (AvgIpc) is 2.81. The molecule has 22 heavy (non-hydrogen) atoms. The normalized spacial score (nSPS) is 10.8. The van der Waals surface area contributed by atoms with E-state index in [1.807, 2.05) is 55.5 Å². The number of carbonyl (C=O) groups excluding carboxylic acids is 1. The van der Waals surface area contributed by atoms with Gasteiger partial charge >= 0.3 is 0 Å². The number of aromatic nitrogens is 2. The highest BCUT2D eigenvalue weighted by atomic mass is 16.5. The number of aryl methyl sites for hydroxylation is 1. The van der Waals surface area contributed by atoms with Gasteiger partial charge in [0, 0.05) is 11.5 Å². The predicted molar refractivity (Wildman–Crippen MR) is 85.9 cm³/mol. The minimum atomic E-state index is 0.0833. The molecule has 112 valence electrons. The molecule has 0 fully saturated rings. The van der Waals surface area contributed by atoms with Crippen molar-refractivity contribution in [2.75, 3.05) is 0 Å². The molecule has 0 unspecified atom stereocenters. The molecule has 4 heteroatoms. The molecule has 1 heterocycles. The summed E-state index contributed by atoms with van der Waals surface area (Å²) in [4.78, 5) is 11.4. The molecular weight excluding hydrogens is 276 g/mol. The van der Waals surface area contributed by atoms with Crippen molar-refractivity contribution in [3.8, 4) is 5.75 Å². The molecular formula is C18H18N2O2. The van der Waals surface area contributed by atoms with E-state index in [4.69, 9.17) is 4.74 Å². The highest BCUT2D eigenvalue weighted by Gasteiger charge is 2.10. The van der Waals surface area contributed by atoms with Gasteiger partial charge < -0.3 is 4.74 Å². The lowest BCUT2D eigenvalue weighted by molar-refractivity contribution is -0.117. The number of hydrogen-bond acceptors (Lipinski definition) is 3. The third-order valence-electron chi connectivity index (χ3n) is 3.53. The summed E-state index contributed by atoms with van der Waals surface area (Å²) in [7, 11) is 0. The van der Waals surface area contributed by atoms with E-state index in [9.17, 15) is 4.79 Å². The zero-order valence-electron chi connectivity index (χ0n) is 12.7. The van der Waals surface area contributed by atoms with Crippen LogP contribution in [-0.2, 0) is 17.9 Å². The molecule has 0 radical (unpaired) electrons. The van der Waals surface area contributed by atoms with Gasteiger partial charge in [-0.2, -0.15) is 5.10 Å². The summed E-state index contributed by atoms with van der Waals surface area (Å²) in [6.45, 7) is 4.32. The van der Waals surface area contributed by atoms with Gasteiger partial charge in [0.25, 0.3) is 0 Å². The van der Waals surface area contributed by atoms with Gasteiger partial charge in [-0.25, -0.2) is 0 Å². The van der Waals surface area contributed by atoms with Crippen LogP contribution in [0.4, 0.5) is 0 Å². The highest BCUT2D eigenvalue weighted by molar-refractivity contribution is 5.85. The number of hydrogen-bond donors (Lipinski definition) is 0. The Bertz CT molecular complexity index is 807. The molecule has 0 aliphatic rings. The van der Waals surface area contributed by atoms with Crippen molar-refractivity contribution in [3.05, 3.63) is 59.8 Å². The van der Waals surface area contributed by atoms with Crippen LogP contribution in [0.2, 0.25) is 0 Å². The molecule has 0 spiro atoms. The van der Waals surface area contributed by atoms with Crippen molar-refractivity contribution in [1.82, 2.24) is 9.78 Å². The van der Waals surface area contributed by atoms with Crippen LogP contribution in [0, 0.1) is 6.92 Å².